The lowest BCUT2D eigenvalue weighted by Gasteiger charge is -2.28. The number of benzene rings is 2. The third-order valence-electron chi connectivity index (χ3n) is 7.65. The zero-order valence-corrected chi connectivity index (χ0v) is 23.5. The summed E-state index contributed by atoms with van der Waals surface area (Å²) in [6.07, 6.45) is 19.8. The highest BCUT2D eigenvalue weighted by atomic mass is 16.5. The maximum Gasteiger partial charge on any atom is 0.343 e. The molecular formula is C34H48O4. The average Bonchev–Trinajstić information content (AvgIpc) is 2.95. The number of unbranched alkanes of at least 4 members (excludes halogenated alkanes) is 5. The standard InChI is InChI=1S/C34H48O4/c1-3-5-7-8-10-26-36-31-20-18-30(19-21-31)34(35)38-33-24-22-32(23-25-33)37-27-11-13-29-16-14-28(15-17-29)12-9-6-4-2/h3,18-25,28-29H,1,4-17,26-27H2,2H3. The van der Waals surface area contributed by atoms with E-state index in [4.69, 9.17) is 14.2 Å². The molecule has 1 saturated carbocycles. The molecule has 0 amide bonds. The van der Waals surface area contributed by atoms with Crippen LogP contribution >= 0.6 is 0 Å². The summed E-state index contributed by atoms with van der Waals surface area (Å²) in [5.41, 5.74) is 0.499. The Morgan fingerprint density at radius 1 is 0.737 bits per heavy atom. The predicted molar refractivity (Wildman–Crippen MR) is 156 cm³/mol. The van der Waals surface area contributed by atoms with E-state index in [-0.39, 0.29) is 5.97 Å². The number of hydrogen-bond donors (Lipinski definition) is 0. The van der Waals surface area contributed by atoms with Gasteiger partial charge in [0.15, 0.2) is 0 Å². The fourth-order valence-corrected chi connectivity index (χ4v) is 5.27. The number of carbonyl (C=O) groups excluding carboxylic acids is 1. The Bertz CT molecular complexity index is 911. The van der Waals surface area contributed by atoms with Crippen LogP contribution in [0.1, 0.15) is 107 Å². The minimum atomic E-state index is -0.380. The van der Waals surface area contributed by atoms with Gasteiger partial charge < -0.3 is 14.2 Å². The van der Waals surface area contributed by atoms with Crippen molar-refractivity contribution >= 4 is 5.97 Å². The maximum atomic E-state index is 12.5. The fourth-order valence-electron chi connectivity index (χ4n) is 5.27. The van der Waals surface area contributed by atoms with Crippen LogP contribution in [0, 0.1) is 11.8 Å². The molecule has 0 N–H and O–H groups in total. The van der Waals surface area contributed by atoms with Gasteiger partial charge in [0.2, 0.25) is 0 Å². The molecule has 0 spiro atoms. The molecule has 208 valence electrons. The number of ether oxygens (including phenoxy) is 3. The molecule has 1 fully saturated rings. The van der Waals surface area contributed by atoms with Gasteiger partial charge >= 0.3 is 5.97 Å². The summed E-state index contributed by atoms with van der Waals surface area (Å²) in [6.45, 7) is 7.44. The molecule has 2 aromatic rings. The quantitative estimate of drug-likeness (QED) is 0.0849. The highest BCUT2D eigenvalue weighted by molar-refractivity contribution is 5.91. The molecule has 4 heteroatoms. The maximum absolute atomic E-state index is 12.5. The SMILES string of the molecule is C=CCCCCCOc1ccc(C(=O)Oc2ccc(OCCCC3CCC(CCCCC)CC3)cc2)cc1. The van der Waals surface area contributed by atoms with Gasteiger partial charge in [-0.3, -0.25) is 0 Å². The Labute approximate surface area is 230 Å². The van der Waals surface area contributed by atoms with Crippen LogP contribution in [0.25, 0.3) is 0 Å². The van der Waals surface area contributed by atoms with E-state index < -0.39 is 0 Å². The highest BCUT2D eigenvalue weighted by Crippen LogP contribution is 2.34. The van der Waals surface area contributed by atoms with E-state index in [2.05, 4.69) is 13.5 Å². The minimum absolute atomic E-state index is 0.380. The Hall–Kier alpha value is -2.75. The first kappa shape index (κ1) is 29.8. The lowest BCUT2D eigenvalue weighted by atomic mass is 9.78. The summed E-state index contributed by atoms with van der Waals surface area (Å²) >= 11 is 0. The summed E-state index contributed by atoms with van der Waals surface area (Å²) < 4.78 is 17.2. The van der Waals surface area contributed by atoms with Gasteiger partial charge in [-0.05, 0) is 98.9 Å². The molecule has 0 radical (unpaired) electrons. The van der Waals surface area contributed by atoms with Crippen molar-refractivity contribution in [2.24, 2.45) is 11.8 Å². The summed E-state index contributed by atoms with van der Waals surface area (Å²) in [4.78, 5) is 12.5. The highest BCUT2D eigenvalue weighted by Gasteiger charge is 2.20. The van der Waals surface area contributed by atoms with Crippen LogP contribution < -0.4 is 14.2 Å². The molecule has 2 aromatic carbocycles. The van der Waals surface area contributed by atoms with Crippen LogP contribution in [0.2, 0.25) is 0 Å². The summed E-state index contributed by atoms with van der Waals surface area (Å²) in [5.74, 6) is 3.56. The summed E-state index contributed by atoms with van der Waals surface area (Å²) in [7, 11) is 0. The van der Waals surface area contributed by atoms with Crippen molar-refractivity contribution in [3.05, 3.63) is 66.7 Å². The largest absolute Gasteiger partial charge is 0.494 e. The van der Waals surface area contributed by atoms with E-state index in [0.29, 0.717) is 17.9 Å². The summed E-state index contributed by atoms with van der Waals surface area (Å²) in [6, 6.07) is 14.4. The van der Waals surface area contributed by atoms with Gasteiger partial charge in [-0.1, -0.05) is 64.4 Å². The molecule has 4 nitrogen and oxygen atoms in total. The second kappa shape index (κ2) is 17.7. The lowest BCUT2D eigenvalue weighted by Crippen LogP contribution is -2.15. The van der Waals surface area contributed by atoms with Crippen molar-refractivity contribution in [3.8, 4) is 17.2 Å². The monoisotopic (exact) mass is 520 g/mol. The van der Waals surface area contributed by atoms with Gasteiger partial charge in [0.05, 0.1) is 18.8 Å². The number of allylic oxidation sites excluding steroid dienone is 1. The molecule has 3 rings (SSSR count). The molecule has 1 aliphatic rings. The number of esters is 1. The molecule has 1 aliphatic carbocycles. The second-order valence-corrected chi connectivity index (χ2v) is 10.7. The third-order valence-corrected chi connectivity index (χ3v) is 7.65. The normalized spacial score (nSPS) is 17.1. The predicted octanol–water partition coefficient (Wildman–Crippen LogP) is 9.58. The van der Waals surface area contributed by atoms with Crippen LogP contribution in [0.3, 0.4) is 0 Å². The van der Waals surface area contributed by atoms with Crippen LogP contribution in [0.15, 0.2) is 61.2 Å². The van der Waals surface area contributed by atoms with Gasteiger partial charge in [0.25, 0.3) is 0 Å². The summed E-state index contributed by atoms with van der Waals surface area (Å²) in [5, 5.41) is 0. The second-order valence-electron chi connectivity index (χ2n) is 10.7. The third kappa shape index (κ3) is 11.3. The lowest BCUT2D eigenvalue weighted by molar-refractivity contribution is 0.0734. The first-order valence-electron chi connectivity index (χ1n) is 15.0. The molecule has 0 atom stereocenters. The topological polar surface area (TPSA) is 44.8 Å². The molecule has 0 saturated heterocycles. The molecular weight excluding hydrogens is 472 g/mol. The number of rotatable bonds is 18. The van der Waals surface area contributed by atoms with Crippen LogP contribution in [0.4, 0.5) is 0 Å². The van der Waals surface area contributed by atoms with E-state index in [1.807, 2.05) is 30.3 Å². The van der Waals surface area contributed by atoms with Gasteiger partial charge in [0, 0.05) is 0 Å². The van der Waals surface area contributed by atoms with Crippen molar-refractivity contribution in [1.82, 2.24) is 0 Å². The fraction of sp³-hybridized carbons (Fsp3) is 0.559. The zero-order chi connectivity index (χ0) is 26.8. The van der Waals surface area contributed by atoms with Gasteiger partial charge in [-0.15, -0.1) is 6.58 Å². The Morgan fingerprint density at radius 2 is 1.29 bits per heavy atom. The average molecular weight is 521 g/mol. The van der Waals surface area contributed by atoms with Crippen molar-refractivity contribution in [3.63, 3.8) is 0 Å². The van der Waals surface area contributed by atoms with Crippen LogP contribution in [0.5, 0.6) is 17.2 Å². The molecule has 0 aromatic heterocycles. The number of carbonyl (C=O) groups is 1. The molecule has 0 unspecified atom stereocenters. The van der Waals surface area contributed by atoms with Gasteiger partial charge in [0.1, 0.15) is 17.2 Å². The molecule has 38 heavy (non-hydrogen) atoms. The van der Waals surface area contributed by atoms with E-state index in [0.717, 1.165) is 62.0 Å². The smallest absolute Gasteiger partial charge is 0.343 e. The van der Waals surface area contributed by atoms with E-state index in [1.165, 1.54) is 57.8 Å². The van der Waals surface area contributed by atoms with Crippen molar-refractivity contribution in [2.45, 2.75) is 96.8 Å². The molecule has 0 heterocycles. The first-order valence-corrected chi connectivity index (χ1v) is 15.0. The van der Waals surface area contributed by atoms with E-state index >= 15 is 0 Å². The van der Waals surface area contributed by atoms with Crippen molar-refractivity contribution in [2.75, 3.05) is 13.2 Å². The van der Waals surface area contributed by atoms with E-state index in [9.17, 15) is 4.79 Å². The van der Waals surface area contributed by atoms with Crippen molar-refractivity contribution in [1.29, 1.82) is 0 Å². The first-order chi connectivity index (χ1) is 18.7. The molecule has 0 aliphatic heterocycles. The Kier molecular flexibility index (Phi) is 13.9. The Balaban J connectivity index is 1.29. The Morgan fingerprint density at radius 3 is 1.89 bits per heavy atom. The number of hydrogen-bond acceptors (Lipinski definition) is 4. The zero-order valence-electron chi connectivity index (χ0n) is 23.5. The van der Waals surface area contributed by atoms with Crippen LogP contribution in [-0.4, -0.2) is 19.2 Å². The van der Waals surface area contributed by atoms with Gasteiger partial charge in [-0.2, -0.15) is 0 Å². The van der Waals surface area contributed by atoms with Gasteiger partial charge in [-0.25, -0.2) is 4.79 Å². The van der Waals surface area contributed by atoms with Crippen LogP contribution in [-0.2, 0) is 0 Å². The van der Waals surface area contributed by atoms with E-state index in [1.54, 1.807) is 24.3 Å². The molecule has 0 bridgehead atoms. The minimum Gasteiger partial charge on any atom is -0.494 e. The van der Waals surface area contributed by atoms with Crippen molar-refractivity contribution < 1.29 is 19.0 Å².